The summed E-state index contributed by atoms with van der Waals surface area (Å²) in [4.78, 5) is 2.38. The van der Waals surface area contributed by atoms with Gasteiger partial charge < -0.3 is 13.9 Å². The van der Waals surface area contributed by atoms with Crippen molar-refractivity contribution in [2.24, 2.45) is 0 Å². The third-order valence-electron chi connectivity index (χ3n) is 14.2. The molecule has 0 unspecified atom stereocenters. The maximum Gasteiger partial charge on any atom is 0.143 e. The molecule has 0 radical (unpaired) electrons. The average molecular weight is 879 g/mol. The van der Waals surface area contributed by atoms with Crippen molar-refractivity contribution >= 4 is 93.1 Å². The summed E-state index contributed by atoms with van der Waals surface area (Å²) in [7, 11) is 0. The van der Waals surface area contributed by atoms with Gasteiger partial charge in [-0.25, -0.2) is 0 Å². The van der Waals surface area contributed by atoms with Gasteiger partial charge in [0, 0.05) is 38.6 Å². The van der Waals surface area contributed by atoms with Gasteiger partial charge in [-0.1, -0.05) is 176 Å². The molecule has 14 aromatic rings. The number of rotatable bonds is 7. The minimum atomic E-state index is 0.859. The quantitative estimate of drug-likeness (QED) is 0.149. The predicted octanol–water partition coefficient (Wildman–Crippen LogP) is 18.6. The lowest BCUT2D eigenvalue weighted by Gasteiger charge is -2.26. The molecule has 0 aliphatic carbocycles. The number of nitrogens with zero attached hydrogens (tertiary/aromatic N) is 2. The standard InChI is InChI=1S/C66H42N2O/c1-3-18-55-45(12-1)26-27-47-28-29-51(42-60(47)55)49-15-9-14-48(40-49)43-30-35-52(36-31-43)67(63-24-11-25-64-65(63)59-39-34-46-13-2-4-19-56(46)66(59)69-64)53-37-32-44(33-38-53)50-16-10-17-54(41-50)68-61-22-7-5-20-57(61)58-21-6-8-23-62(58)68/h1-42H. The van der Waals surface area contributed by atoms with Crippen LogP contribution in [0.4, 0.5) is 17.1 Å². The summed E-state index contributed by atoms with van der Waals surface area (Å²) in [6.07, 6.45) is 0. The zero-order valence-electron chi connectivity index (χ0n) is 37.6. The first-order valence-electron chi connectivity index (χ1n) is 23.6. The van der Waals surface area contributed by atoms with Crippen LogP contribution in [0.15, 0.2) is 259 Å². The highest BCUT2D eigenvalue weighted by atomic mass is 16.3. The van der Waals surface area contributed by atoms with E-state index in [0.29, 0.717) is 0 Å². The van der Waals surface area contributed by atoms with Crippen LogP contribution in [-0.2, 0) is 0 Å². The van der Waals surface area contributed by atoms with E-state index in [1.165, 1.54) is 60.0 Å². The Labute approximate surface area is 399 Å². The largest absolute Gasteiger partial charge is 0.455 e. The molecule has 3 nitrogen and oxygen atoms in total. The smallest absolute Gasteiger partial charge is 0.143 e. The third-order valence-corrected chi connectivity index (χ3v) is 14.2. The summed E-state index contributed by atoms with van der Waals surface area (Å²) >= 11 is 0. The van der Waals surface area contributed by atoms with Gasteiger partial charge in [0.25, 0.3) is 0 Å². The number of hydrogen-bond acceptors (Lipinski definition) is 2. The van der Waals surface area contributed by atoms with Gasteiger partial charge in [-0.15, -0.1) is 0 Å². The van der Waals surface area contributed by atoms with Crippen LogP contribution in [-0.4, -0.2) is 4.57 Å². The molecule has 2 aromatic heterocycles. The van der Waals surface area contributed by atoms with E-state index in [1.807, 2.05) is 0 Å². The molecule has 2 heterocycles. The Kier molecular flexibility index (Phi) is 8.90. The van der Waals surface area contributed by atoms with Gasteiger partial charge in [-0.3, -0.25) is 0 Å². The van der Waals surface area contributed by atoms with Gasteiger partial charge >= 0.3 is 0 Å². The lowest BCUT2D eigenvalue weighted by molar-refractivity contribution is 0.672. The molecule has 0 saturated carbocycles. The average Bonchev–Trinajstić information content (AvgIpc) is 3.98. The summed E-state index contributed by atoms with van der Waals surface area (Å²) in [5.74, 6) is 0. The van der Waals surface area contributed by atoms with Crippen molar-refractivity contribution in [1.82, 2.24) is 4.57 Å². The normalized spacial score (nSPS) is 11.8. The molecule has 322 valence electrons. The highest BCUT2D eigenvalue weighted by Crippen LogP contribution is 2.45. The fraction of sp³-hybridized carbons (Fsp3) is 0. The first kappa shape index (κ1) is 39.0. The number of para-hydroxylation sites is 2. The summed E-state index contributed by atoms with van der Waals surface area (Å²) in [6.45, 7) is 0. The van der Waals surface area contributed by atoms with Crippen molar-refractivity contribution in [3.8, 4) is 39.1 Å². The Bertz CT molecular complexity index is 4260. The van der Waals surface area contributed by atoms with Gasteiger partial charge in [0.2, 0.25) is 0 Å². The fourth-order valence-corrected chi connectivity index (χ4v) is 10.8. The second-order valence-electron chi connectivity index (χ2n) is 18.1. The predicted molar refractivity (Wildman–Crippen MR) is 292 cm³/mol. The molecule has 0 amide bonds. The van der Waals surface area contributed by atoms with Crippen LogP contribution in [0.5, 0.6) is 0 Å². The highest BCUT2D eigenvalue weighted by molar-refractivity contribution is 6.20. The molecule has 0 bridgehead atoms. The molecular weight excluding hydrogens is 837 g/mol. The first-order chi connectivity index (χ1) is 34.2. The Balaban J connectivity index is 0.869. The molecule has 0 N–H and O–H groups in total. The van der Waals surface area contributed by atoms with E-state index in [-0.39, 0.29) is 0 Å². The van der Waals surface area contributed by atoms with Crippen LogP contribution in [0.3, 0.4) is 0 Å². The van der Waals surface area contributed by atoms with Gasteiger partial charge in [0.05, 0.1) is 22.1 Å². The van der Waals surface area contributed by atoms with Crippen molar-refractivity contribution in [3.05, 3.63) is 255 Å². The second kappa shape index (κ2) is 15.7. The Morgan fingerprint density at radius 1 is 0.304 bits per heavy atom. The first-order valence-corrected chi connectivity index (χ1v) is 23.6. The molecule has 3 heteroatoms. The van der Waals surface area contributed by atoms with Crippen LogP contribution < -0.4 is 4.90 Å². The number of benzene rings is 12. The Morgan fingerprint density at radius 3 is 1.49 bits per heavy atom. The SMILES string of the molecule is c1cc(-c2ccc(N(c3ccc(-c4cccc(-n5c6ccccc6c6ccccc65)c4)cc3)c3cccc4oc5c6ccccc6ccc5c34)cc2)cc(-c2ccc3ccc4ccccc4c3c2)c1. The molecular formula is C66H42N2O. The fourth-order valence-electron chi connectivity index (χ4n) is 10.8. The van der Waals surface area contributed by atoms with E-state index >= 15 is 0 Å². The zero-order valence-corrected chi connectivity index (χ0v) is 37.6. The number of anilines is 3. The molecule has 0 aliphatic heterocycles. The minimum Gasteiger partial charge on any atom is -0.455 e. The molecule has 12 aromatic carbocycles. The number of hydrogen-bond donors (Lipinski definition) is 0. The molecule has 0 saturated heterocycles. The summed E-state index contributed by atoms with van der Waals surface area (Å²) in [6, 6.07) is 92.5. The summed E-state index contributed by atoms with van der Waals surface area (Å²) in [5.41, 5.74) is 15.5. The van der Waals surface area contributed by atoms with Gasteiger partial charge in [0.1, 0.15) is 11.2 Å². The van der Waals surface area contributed by atoms with Crippen LogP contribution in [0, 0.1) is 0 Å². The van der Waals surface area contributed by atoms with Crippen molar-refractivity contribution in [2.45, 2.75) is 0 Å². The Morgan fingerprint density at radius 2 is 0.797 bits per heavy atom. The van der Waals surface area contributed by atoms with Gasteiger partial charge in [-0.2, -0.15) is 0 Å². The lowest BCUT2D eigenvalue weighted by Crippen LogP contribution is -2.10. The maximum absolute atomic E-state index is 6.74. The molecule has 69 heavy (non-hydrogen) atoms. The van der Waals surface area contributed by atoms with Crippen molar-refractivity contribution in [3.63, 3.8) is 0 Å². The summed E-state index contributed by atoms with van der Waals surface area (Å²) in [5, 5.41) is 12.0. The Hall–Kier alpha value is -9.18. The molecule has 14 rings (SSSR count). The zero-order chi connectivity index (χ0) is 45.4. The van der Waals surface area contributed by atoms with Gasteiger partial charge in [-0.05, 0) is 139 Å². The van der Waals surface area contributed by atoms with Crippen LogP contribution in [0.2, 0.25) is 0 Å². The monoisotopic (exact) mass is 878 g/mol. The van der Waals surface area contributed by atoms with Gasteiger partial charge in [0.15, 0.2) is 0 Å². The molecule has 0 aliphatic rings. The number of aromatic nitrogens is 1. The van der Waals surface area contributed by atoms with E-state index < -0.39 is 0 Å². The highest BCUT2D eigenvalue weighted by Gasteiger charge is 2.21. The topological polar surface area (TPSA) is 21.3 Å². The van der Waals surface area contributed by atoms with Crippen molar-refractivity contribution < 1.29 is 4.42 Å². The van der Waals surface area contributed by atoms with E-state index in [1.54, 1.807) is 0 Å². The van der Waals surface area contributed by atoms with Crippen molar-refractivity contribution in [1.29, 1.82) is 0 Å². The second-order valence-corrected chi connectivity index (χ2v) is 18.1. The molecule has 0 fully saturated rings. The van der Waals surface area contributed by atoms with Crippen LogP contribution in [0.25, 0.3) is 115 Å². The third kappa shape index (κ3) is 6.43. The van der Waals surface area contributed by atoms with Crippen LogP contribution in [0.1, 0.15) is 0 Å². The van der Waals surface area contributed by atoms with E-state index in [0.717, 1.165) is 72.2 Å². The number of furan rings is 1. The maximum atomic E-state index is 6.74. The molecule has 0 spiro atoms. The van der Waals surface area contributed by atoms with E-state index in [9.17, 15) is 0 Å². The number of fused-ring (bicyclic) bond motifs is 11. The van der Waals surface area contributed by atoms with Crippen molar-refractivity contribution in [2.75, 3.05) is 4.90 Å². The lowest BCUT2D eigenvalue weighted by atomic mass is 9.95. The summed E-state index contributed by atoms with van der Waals surface area (Å²) < 4.78 is 9.12. The molecule has 0 atom stereocenters. The van der Waals surface area contributed by atoms with E-state index in [4.69, 9.17) is 4.42 Å². The van der Waals surface area contributed by atoms with Crippen LogP contribution >= 0.6 is 0 Å². The minimum absolute atomic E-state index is 0.859. The van der Waals surface area contributed by atoms with E-state index in [2.05, 4.69) is 264 Å².